The molecule has 0 aromatic carbocycles. The SMILES string of the molecule is C#CCC(C)NC(=O)CC1(OC)CCC1. The molecule has 1 N–H and O–H groups in total. The molecule has 1 amide bonds. The first kappa shape index (κ1) is 12.1. The molecule has 1 aliphatic rings. The van der Waals surface area contributed by atoms with Crippen LogP contribution in [0.4, 0.5) is 0 Å². The zero-order valence-corrected chi connectivity index (χ0v) is 9.51. The van der Waals surface area contributed by atoms with Crippen LogP contribution in [0.25, 0.3) is 0 Å². The molecule has 3 nitrogen and oxygen atoms in total. The third-order valence-corrected chi connectivity index (χ3v) is 3.01. The molecule has 1 rings (SSSR count). The van der Waals surface area contributed by atoms with Gasteiger partial charge in [-0.15, -0.1) is 12.3 Å². The van der Waals surface area contributed by atoms with E-state index in [1.54, 1.807) is 7.11 Å². The number of terminal acetylenes is 1. The van der Waals surface area contributed by atoms with Crippen molar-refractivity contribution in [3.8, 4) is 12.3 Å². The number of hydrogen-bond donors (Lipinski definition) is 1. The van der Waals surface area contributed by atoms with Crippen LogP contribution in [0.5, 0.6) is 0 Å². The molecule has 1 unspecified atom stereocenters. The van der Waals surface area contributed by atoms with Crippen LogP contribution in [0.1, 0.15) is 39.0 Å². The number of rotatable bonds is 5. The van der Waals surface area contributed by atoms with Gasteiger partial charge >= 0.3 is 0 Å². The van der Waals surface area contributed by atoms with Gasteiger partial charge < -0.3 is 10.1 Å². The molecule has 0 bridgehead atoms. The maximum atomic E-state index is 11.6. The lowest BCUT2D eigenvalue weighted by atomic mass is 9.77. The van der Waals surface area contributed by atoms with Crippen molar-refractivity contribution < 1.29 is 9.53 Å². The van der Waals surface area contributed by atoms with Gasteiger partial charge in [-0.25, -0.2) is 0 Å². The standard InChI is InChI=1S/C12H19NO2/c1-4-6-10(2)13-11(14)9-12(15-3)7-5-8-12/h1,10H,5-9H2,2-3H3,(H,13,14). The normalized spacial score (nSPS) is 19.8. The summed E-state index contributed by atoms with van der Waals surface area (Å²) in [5.41, 5.74) is -0.194. The molecule has 0 aromatic heterocycles. The van der Waals surface area contributed by atoms with Crippen molar-refractivity contribution in [1.29, 1.82) is 0 Å². The Kier molecular flexibility index (Phi) is 4.16. The van der Waals surface area contributed by atoms with E-state index in [1.165, 1.54) is 0 Å². The van der Waals surface area contributed by atoms with Crippen LogP contribution in [0.2, 0.25) is 0 Å². The topological polar surface area (TPSA) is 38.3 Å². The van der Waals surface area contributed by atoms with Gasteiger partial charge in [0.15, 0.2) is 0 Å². The molecular formula is C12H19NO2. The van der Waals surface area contributed by atoms with E-state index in [2.05, 4.69) is 11.2 Å². The van der Waals surface area contributed by atoms with Crippen molar-refractivity contribution in [2.45, 2.75) is 50.7 Å². The van der Waals surface area contributed by atoms with E-state index >= 15 is 0 Å². The highest BCUT2D eigenvalue weighted by Gasteiger charge is 2.39. The van der Waals surface area contributed by atoms with Crippen molar-refractivity contribution in [3.05, 3.63) is 0 Å². The van der Waals surface area contributed by atoms with Crippen LogP contribution in [-0.2, 0) is 9.53 Å². The van der Waals surface area contributed by atoms with Crippen LogP contribution >= 0.6 is 0 Å². The van der Waals surface area contributed by atoms with Gasteiger partial charge in [0.05, 0.1) is 12.0 Å². The molecule has 0 radical (unpaired) electrons. The average molecular weight is 209 g/mol. The molecule has 1 atom stereocenters. The van der Waals surface area contributed by atoms with Crippen LogP contribution in [-0.4, -0.2) is 24.7 Å². The summed E-state index contributed by atoms with van der Waals surface area (Å²) in [6, 6.07) is 0.0523. The van der Waals surface area contributed by atoms with Crippen molar-refractivity contribution >= 4 is 5.91 Å². The Balaban J connectivity index is 2.32. The summed E-state index contributed by atoms with van der Waals surface area (Å²) in [5.74, 6) is 2.57. The molecule has 0 spiro atoms. The van der Waals surface area contributed by atoms with E-state index in [0.29, 0.717) is 12.8 Å². The second-order valence-corrected chi connectivity index (χ2v) is 4.29. The minimum absolute atomic E-state index is 0.0410. The average Bonchev–Trinajstić information content (AvgIpc) is 2.11. The molecule has 3 heteroatoms. The van der Waals surface area contributed by atoms with Crippen molar-refractivity contribution in [3.63, 3.8) is 0 Å². The van der Waals surface area contributed by atoms with Gasteiger partial charge in [0.1, 0.15) is 0 Å². The van der Waals surface area contributed by atoms with Gasteiger partial charge in [-0.05, 0) is 26.2 Å². The van der Waals surface area contributed by atoms with E-state index in [-0.39, 0.29) is 17.6 Å². The summed E-state index contributed by atoms with van der Waals surface area (Å²) < 4.78 is 5.38. The second-order valence-electron chi connectivity index (χ2n) is 4.29. The number of amides is 1. The molecule has 0 aliphatic heterocycles. The Morgan fingerprint density at radius 3 is 2.73 bits per heavy atom. The van der Waals surface area contributed by atoms with E-state index in [1.807, 2.05) is 6.92 Å². The molecule has 84 valence electrons. The monoisotopic (exact) mass is 209 g/mol. The van der Waals surface area contributed by atoms with Crippen LogP contribution in [0.15, 0.2) is 0 Å². The quantitative estimate of drug-likeness (QED) is 0.696. The minimum Gasteiger partial charge on any atom is -0.378 e. The summed E-state index contributed by atoms with van der Waals surface area (Å²) in [6.07, 6.45) is 9.33. The summed E-state index contributed by atoms with van der Waals surface area (Å²) in [5, 5.41) is 2.88. The highest BCUT2D eigenvalue weighted by atomic mass is 16.5. The largest absolute Gasteiger partial charge is 0.378 e. The van der Waals surface area contributed by atoms with Crippen LogP contribution in [0.3, 0.4) is 0 Å². The number of hydrogen-bond acceptors (Lipinski definition) is 2. The Hall–Kier alpha value is -1.01. The lowest BCUT2D eigenvalue weighted by Gasteiger charge is -2.40. The predicted octanol–water partition coefficient (Wildman–Crippen LogP) is 1.47. The zero-order valence-electron chi connectivity index (χ0n) is 9.51. The van der Waals surface area contributed by atoms with E-state index in [4.69, 9.17) is 11.2 Å². The predicted molar refractivity (Wildman–Crippen MR) is 59.3 cm³/mol. The van der Waals surface area contributed by atoms with Crippen LogP contribution < -0.4 is 5.32 Å². The Labute approximate surface area is 91.6 Å². The fourth-order valence-electron chi connectivity index (χ4n) is 1.87. The highest BCUT2D eigenvalue weighted by Crippen LogP contribution is 2.37. The molecule has 0 heterocycles. The molecule has 0 aromatic rings. The Bertz CT molecular complexity index is 258. The minimum atomic E-state index is -0.194. The molecule has 1 aliphatic carbocycles. The Morgan fingerprint density at radius 2 is 2.33 bits per heavy atom. The first-order chi connectivity index (χ1) is 7.12. The maximum absolute atomic E-state index is 11.6. The molecule has 1 saturated carbocycles. The number of carbonyl (C=O) groups is 1. The summed E-state index contributed by atoms with van der Waals surface area (Å²) in [6.45, 7) is 1.91. The van der Waals surface area contributed by atoms with Gasteiger partial charge in [0.25, 0.3) is 0 Å². The lowest BCUT2D eigenvalue weighted by molar-refractivity contribution is -0.134. The lowest BCUT2D eigenvalue weighted by Crippen LogP contribution is -2.45. The molecule has 1 fully saturated rings. The van der Waals surface area contributed by atoms with Crippen molar-refractivity contribution in [2.24, 2.45) is 0 Å². The Morgan fingerprint density at radius 1 is 1.67 bits per heavy atom. The van der Waals surface area contributed by atoms with Gasteiger partial charge in [-0.2, -0.15) is 0 Å². The molecule has 15 heavy (non-hydrogen) atoms. The fourth-order valence-corrected chi connectivity index (χ4v) is 1.87. The van der Waals surface area contributed by atoms with Gasteiger partial charge in [-0.1, -0.05) is 0 Å². The first-order valence-corrected chi connectivity index (χ1v) is 5.40. The third kappa shape index (κ3) is 3.24. The number of methoxy groups -OCH3 is 1. The highest BCUT2D eigenvalue weighted by molar-refractivity contribution is 5.77. The summed E-state index contributed by atoms with van der Waals surface area (Å²) in [7, 11) is 1.68. The number of nitrogens with one attached hydrogen (secondary N) is 1. The van der Waals surface area contributed by atoms with Gasteiger partial charge in [0, 0.05) is 19.6 Å². The van der Waals surface area contributed by atoms with Gasteiger partial charge in [-0.3, -0.25) is 4.79 Å². The number of ether oxygens (including phenoxy) is 1. The molecular weight excluding hydrogens is 190 g/mol. The fraction of sp³-hybridized carbons (Fsp3) is 0.750. The maximum Gasteiger partial charge on any atom is 0.223 e. The smallest absolute Gasteiger partial charge is 0.223 e. The van der Waals surface area contributed by atoms with Gasteiger partial charge in [0.2, 0.25) is 5.91 Å². The van der Waals surface area contributed by atoms with Crippen LogP contribution in [0, 0.1) is 12.3 Å². The first-order valence-electron chi connectivity index (χ1n) is 5.40. The number of carbonyl (C=O) groups excluding carboxylic acids is 1. The van der Waals surface area contributed by atoms with Crippen molar-refractivity contribution in [1.82, 2.24) is 5.32 Å². The summed E-state index contributed by atoms with van der Waals surface area (Å²) in [4.78, 5) is 11.6. The molecule has 0 saturated heterocycles. The van der Waals surface area contributed by atoms with E-state index < -0.39 is 0 Å². The zero-order chi connectivity index (χ0) is 11.3. The summed E-state index contributed by atoms with van der Waals surface area (Å²) >= 11 is 0. The second kappa shape index (κ2) is 5.18. The van der Waals surface area contributed by atoms with E-state index in [9.17, 15) is 4.79 Å². The third-order valence-electron chi connectivity index (χ3n) is 3.01. The van der Waals surface area contributed by atoms with E-state index in [0.717, 1.165) is 19.3 Å². The van der Waals surface area contributed by atoms with Crippen molar-refractivity contribution in [2.75, 3.05) is 7.11 Å².